The van der Waals surface area contributed by atoms with Gasteiger partial charge in [0.15, 0.2) is 0 Å². The molecule has 2 rings (SSSR count). The van der Waals surface area contributed by atoms with E-state index in [4.69, 9.17) is 0 Å². The van der Waals surface area contributed by atoms with Crippen LogP contribution in [0.25, 0.3) is 0 Å². The predicted molar refractivity (Wildman–Crippen MR) is 87.4 cm³/mol. The van der Waals surface area contributed by atoms with Crippen molar-refractivity contribution >= 4 is 23.2 Å². The molecule has 2 aromatic heterocycles. The number of aromatic nitrogens is 3. The number of rotatable bonds is 5. The van der Waals surface area contributed by atoms with Crippen LogP contribution in [-0.4, -0.2) is 31.3 Å². The fraction of sp³-hybridized carbons (Fsp3) is 0.286. The lowest BCUT2D eigenvalue weighted by Gasteiger charge is -2.21. The minimum absolute atomic E-state index is 0.0585. The average molecular weight is 331 g/mol. The Hall–Kier alpha value is -3.30. The van der Waals surface area contributed by atoms with E-state index in [1.165, 1.54) is 30.9 Å². The maximum Gasteiger partial charge on any atom is 0.354 e. The van der Waals surface area contributed by atoms with Crippen LogP contribution in [0.5, 0.6) is 0 Å². The number of hydrogen-bond acceptors (Lipinski definition) is 8. The zero-order valence-corrected chi connectivity index (χ0v) is 13.4. The average Bonchev–Trinajstić information content (AvgIpc) is 2.51. The first-order valence-electron chi connectivity index (χ1n) is 7.02. The minimum atomic E-state index is -0.616. The molecule has 126 valence electrons. The van der Waals surface area contributed by atoms with Gasteiger partial charge < -0.3 is 5.32 Å². The number of hydrazine groups is 1. The Labute approximate surface area is 137 Å². The third-order valence-electron chi connectivity index (χ3n) is 2.74. The van der Waals surface area contributed by atoms with E-state index in [1.54, 1.807) is 0 Å². The van der Waals surface area contributed by atoms with Crippen molar-refractivity contribution < 1.29 is 9.72 Å². The highest BCUT2D eigenvalue weighted by molar-refractivity contribution is 5.94. The van der Waals surface area contributed by atoms with Crippen LogP contribution >= 0.6 is 0 Å². The van der Waals surface area contributed by atoms with Gasteiger partial charge in [0.1, 0.15) is 6.33 Å². The standard InChI is InChI=1S/C14H17N7O3/c1-14(2,3)18-11-10(21(23)24)12(17-8-16-11)19-20-13(22)9-4-6-15-7-5-9/h4-8H,1-3H3,(H,20,22)(H2,16,17,18,19). The summed E-state index contributed by atoms with van der Waals surface area (Å²) < 4.78 is 0. The molecule has 10 heteroatoms. The second-order valence-corrected chi connectivity index (χ2v) is 5.87. The minimum Gasteiger partial charge on any atom is -0.360 e. The molecule has 0 radical (unpaired) electrons. The number of nitrogens with one attached hydrogen (secondary N) is 3. The summed E-state index contributed by atoms with van der Waals surface area (Å²) in [5.74, 6) is -0.539. The Morgan fingerprint density at radius 3 is 2.38 bits per heavy atom. The molecule has 0 aliphatic rings. The van der Waals surface area contributed by atoms with Crippen molar-refractivity contribution in [1.82, 2.24) is 20.4 Å². The summed E-state index contributed by atoms with van der Waals surface area (Å²) in [7, 11) is 0. The smallest absolute Gasteiger partial charge is 0.354 e. The highest BCUT2D eigenvalue weighted by atomic mass is 16.6. The van der Waals surface area contributed by atoms with Crippen molar-refractivity contribution in [3.63, 3.8) is 0 Å². The normalized spacial score (nSPS) is 10.8. The summed E-state index contributed by atoms with van der Waals surface area (Å²) in [5, 5.41) is 14.3. The van der Waals surface area contributed by atoms with E-state index in [9.17, 15) is 14.9 Å². The zero-order valence-electron chi connectivity index (χ0n) is 13.4. The first-order valence-corrected chi connectivity index (χ1v) is 7.02. The van der Waals surface area contributed by atoms with Crippen molar-refractivity contribution in [2.75, 3.05) is 10.7 Å². The summed E-state index contributed by atoms with van der Waals surface area (Å²) in [6.07, 6.45) is 4.10. The number of amides is 1. The molecule has 0 fully saturated rings. The Morgan fingerprint density at radius 1 is 1.17 bits per heavy atom. The summed E-state index contributed by atoms with van der Waals surface area (Å²) >= 11 is 0. The summed E-state index contributed by atoms with van der Waals surface area (Å²) in [6.45, 7) is 5.53. The maximum absolute atomic E-state index is 12.0. The quantitative estimate of drug-likeness (QED) is 0.557. The van der Waals surface area contributed by atoms with Crippen LogP contribution in [0.1, 0.15) is 31.1 Å². The van der Waals surface area contributed by atoms with Gasteiger partial charge in [-0.15, -0.1) is 0 Å². The lowest BCUT2D eigenvalue weighted by Crippen LogP contribution is -2.31. The van der Waals surface area contributed by atoms with Crippen molar-refractivity contribution in [1.29, 1.82) is 0 Å². The fourth-order valence-electron chi connectivity index (χ4n) is 1.78. The highest BCUT2D eigenvalue weighted by Gasteiger charge is 2.26. The molecule has 0 aliphatic carbocycles. The van der Waals surface area contributed by atoms with Gasteiger partial charge in [-0.3, -0.25) is 30.7 Å². The van der Waals surface area contributed by atoms with Gasteiger partial charge in [-0.05, 0) is 32.9 Å². The molecule has 3 N–H and O–H groups in total. The largest absolute Gasteiger partial charge is 0.360 e. The molecule has 0 bridgehead atoms. The topological polar surface area (TPSA) is 135 Å². The number of carbonyl (C=O) groups excluding carboxylic acids is 1. The molecule has 2 heterocycles. The second-order valence-electron chi connectivity index (χ2n) is 5.87. The molecule has 0 unspecified atom stereocenters. The van der Waals surface area contributed by atoms with Gasteiger partial charge in [-0.1, -0.05) is 0 Å². The van der Waals surface area contributed by atoms with E-state index in [2.05, 4.69) is 31.1 Å². The van der Waals surface area contributed by atoms with Crippen LogP contribution in [0.4, 0.5) is 17.3 Å². The number of anilines is 2. The van der Waals surface area contributed by atoms with E-state index >= 15 is 0 Å². The molecule has 0 aromatic carbocycles. The summed E-state index contributed by atoms with van der Waals surface area (Å²) in [4.78, 5) is 34.3. The van der Waals surface area contributed by atoms with E-state index < -0.39 is 16.4 Å². The third-order valence-corrected chi connectivity index (χ3v) is 2.74. The molecule has 0 saturated heterocycles. The second kappa shape index (κ2) is 6.86. The summed E-state index contributed by atoms with van der Waals surface area (Å²) in [6, 6.07) is 3.02. The van der Waals surface area contributed by atoms with E-state index in [0.29, 0.717) is 5.56 Å². The van der Waals surface area contributed by atoms with Gasteiger partial charge in [0, 0.05) is 23.5 Å². The fourth-order valence-corrected chi connectivity index (χ4v) is 1.78. The lowest BCUT2D eigenvalue weighted by molar-refractivity contribution is -0.383. The van der Waals surface area contributed by atoms with E-state index in [1.807, 2.05) is 20.8 Å². The Kier molecular flexibility index (Phi) is 4.87. The molecule has 0 atom stereocenters. The Balaban J connectivity index is 2.22. The number of carbonyl (C=O) groups is 1. The van der Waals surface area contributed by atoms with Crippen molar-refractivity contribution in [3.8, 4) is 0 Å². The van der Waals surface area contributed by atoms with E-state index in [-0.39, 0.29) is 17.3 Å². The first-order chi connectivity index (χ1) is 11.3. The SMILES string of the molecule is CC(C)(C)Nc1ncnc(NNC(=O)c2ccncc2)c1[N+](=O)[O-]. The maximum atomic E-state index is 12.0. The van der Waals surface area contributed by atoms with Crippen LogP contribution in [0.15, 0.2) is 30.9 Å². The number of hydrogen-bond donors (Lipinski definition) is 3. The third kappa shape index (κ3) is 4.35. The van der Waals surface area contributed by atoms with E-state index in [0.717, 1.165) is 0 Å². The Morgan fingerprint density at radius 2 is 1.79 bits per heavy atom. The van der Waals surface area contributed by atoms with Gasteiger partial charge in [-0.2, -0.15) is 0 Å². The highest BCUT2D eigenvalue weighted by Crippen LogP contribution is 2.30. The Bertz CT molecular complexity index is 744. The van der Waals surface area contributed by atoms with Gasteiger partial charge in [0.05, 0.1) is 4.92 Å². The molecule has 10 nitrogen and oxygen atoms in total. The number of nitrogens with zero attached hydrogens (tertiary/aromatic N) is 4. The molecule has 0 spiro atoms. The van der Waals surface area contributed by atoms with Crippen LogP contribution in [0.2, 0.25) is 0 Å². The monoisotopic (exact) mass is 331 g/mol. The van der Waals surface area contributed by atoms with Gasteiger partial charge in [-0.25, -0.2) is 9.97 Å². The number of pyridine rings is 1. The van der Waals surface area contributed by atoms with Gasteiger partial charge >= 0.3 is 5.69 Å². The summed E-state index contributed by atoms with van der Waals surface area (Å²) in [5.41, 5.74) is 4.38. The van der Waals surface area contributed by atoms with Crippen molar-refractivity contribution in [2.45, 2.75) is 26.3 Å². The zero-order chi connectivity index (χ0) is 17.7. The van der Waals surface area contributed by atoms with Gasteiger partial charge in [0.2, 0.25) is 11.6 Å². The molecular weight excluding hydrogens is 314 g/mol. The predicted octanol–water partition coefficient (Wildman–Crippen LogP) is 1.75. The molecule has 24 heavy (non-hydrogen) atoms. The van der Waals surface area contributed by atoms with Gasteiger partial charge in [0.25, 0.3) is 5.91 Å². The van der Waals surface area contributed by atoms with Crippen LogP contribution in [0.3, 0.4) is 0 Å². The molecule has 0 aliphatic heterocycles. The first kappa shape index (κ1) is 17.1. The lowest BCUT2D eigenvalue weighted by atomic mass is 10.1. The molecular formula is C14H17N7O3. The molecule has 0 saturated carbocycles. The van der Waals surface area contributed by atoms with Crippen LogP contribution in [0, 0.1) is 10.1 Å². The van der Waals surface area contributed by atoms with Crippen LogP contribution in [-0.2, 0) is 0 Å². The van der Waals surface area contributed by atoms with Crippen LogP contribution < -0.4 is 16.2 Å². The van der Waals surface area contributed by atoms with Crippen molar-refractivity contribution in [3.05, 3.63) is 46.5 Å². The molecule has 2 aromatic rings. The molecule has 1 amide bonds. The number of nitro groups is 1. The van der Waals surface area contributed by atoms with Crippen molar-refractivity contribution in [2.24, 2.45) is 0 Å².